The minimum Gasteiger partial charge on any atom is -0.339 e. The van der Waals surface area contributed by atoms with Crippen molar-refractivity contribution in [2.24, 2.45) is 17.6 Å². The summed E-state index contributed by atoms with van der Waals surface area (Å²) < 4.78 is 0. The number of carbonyl (C=O) groups is 1. The molecule has 1 amide bonds. The molecule has 3 nitrogen and oxygen atoms in total. The number of amides is 1. The molecule has 2 fully saturated rings. The molecule has 1 aliphatic carbocycles. The Morgan fingerprint density at radius 1 is 1.23 bits per heavy atom. The lowest BCUT2D eigenvalue weighted by molar-refractivity contribution is -0.136. The molecule has 0 radical (unpaired) electrons. The maximum absolute atomic E-state index is 12.7. The van der Waals surface area contributed by atoms with Gasteiger partial charge >= 0.3 is 0 Å². The highest BCUT2D eigenvalue weighted by Crippen LogP contribution is 2.32. The van der Waals surface area contributed by atoms with Gasteiger partial charge in [0, 0.05) is 24.5 Å². The molecule has 2 aliphatic rings. The Balaban J connectivity index is 0.00000176. The number of rotatable bonds is 3. The Morgan fingerprint density at radius 2 is 1.95 bits per heavy atom. The standard InChI is InChI=1S/C18H26N2O.ClH/c1-13-15(11-14-5-3-2-4-6-14)9-10-20(13)18(21)16-7-8-17(19)12-16;/h2-6,13,15-17H,7-12,19H2,1H3;1H. The number of hydrogen-bond donors (Lipinski definition) is 1. The van der Waals surface area contributed by atoms with Gasteiger partial charge < -0.3 is 10.6 Å². The fraction of sp³-hybridized carbons (Fsp3) is 0.611. The predicted molar refractivity (Wildman–Crippen MR) is 92.0 cm³/mol. The van der Waals surface area contributed by atoms with E-state index >= 15 is 0 Å². The van der Waals surface area contributed by atoms with Gasteiger partial charge in [0.15, 0.2) is 0 Å². The van der Waals surface area contributed by atoms with Crippen molar-refractivity contribution >= 4 is 18.3 Å². The second kappa shape index (κ2) is 7.47. The average molecular weight is 323 g/mol. The molecule has 1 aromatic rings. The minimum absolute atomic E-state index is 0. The van der Waals surface area contributed by atoms with E-state index in [0.717, 1.165) is 38.6 Å². The van der Waals surface area contributed by atoms with E-state index in [9.17, 15) is 4.79 Å². The molecule has 4 unspecified atom stereocenters. The Labute approximate surface area is 139 Å². The van der Waals surface area contributed by atoms with Gasteiger partial charge in [-0.1, -0.05) is 30.3 Å². The molecule has 3 rings (SSSR count). The van der Waals surface area contributed by atoms with Gasteiger partial charge in [0.25, 0.3) is 0 Å². The lowest BCUT2D eigenvalue weighted by Gasteiger charge is -2.27. The maximum atomic E-state index is 12.7. The topological polar surface area (TPSA) is 46.3 Å². The molecular weight excluding hydrogens is 296 g/mol. The van der Waals surface area contributed by atoms with E-state index in [4.69, 9.17) is 5.73 Å². The molecule has 0 aromatic heterocycles. The van der Waals surface area contributed by atoms with Crippen molar-refractivity contribution in [3.63, 3.8) is 0 Å². The molecule has 2 N–H and O–H groups in total. The molecule has 1 saturated heterocycles. The van der Waals surface area contributed by atoms with Crippen LogP contribution in [0.3, 0.4) is 0 Å². The molecule has 1 heterocycles. The number of halogens is 1. The number of benzene rings is 1. The first kappa shape index (κ1) is 17.3. The van der Waals surface area contributed by atoms with Crippen LogP contribution in [-0.2, 0) is 11.2 Å². The van der Waals surface area contributed by atoms with E-state index in [1.165, 1.54) is 5.56 Å². The summed E-state index contributed by atoms with van der Waals surface area (Å²) in [5.74, 6) is 1.12. The normalized spacial score (nSPS) is 31.1. The molecule has 1 saturated carbocycles. The van der Waals surface area contributed by atoms with Crippen molar-refractivity contribution in [3.05, 3.63) is 35.9 Å². The zero-order chi connectivity index (χ0) is 14.8. The van der Waals surface area contributed by atoms with Crippen molar-refractivity contribution in [2.45, 2.75) is 51.1 Å². The fourth-order valence-corrected chi connectivity index (χ4v) is 3.98. The van der Waals surface area contributed by atoms with Gasteiger partial charge in [-0.25, -0.2) is 0 Å². The first-order chi connectivity index (χ1) is 10.1. The Bertz CT molecular complexity index is 493. The number of hydrogen-bond acceptors (Lipinski definition) is 2. The lowest BCUT2D eigenvalue weighted by Crippen LogP contribution is -2.39. The van der Waals surface area contributed by atoms with Crippen LogP contribution in [0.15, 0.2) is 30.3 Å². The molecular formula is C18H27ClN2O. The Hall–Kier alpha value is -1.06. The van der Waals surface area contributed by atoms with Gasteiger partial charge in [-0.2, -0.15) is 0 Å². The van der Waals surface area contributed by atoms with Crippen LogP contribution in [0, 0.1) is 11.8 Å². The van der Waals surface area contributed by atoms with Gasteiger partial charge in [-0.05, 0) is 50.5 Å². The third-order valence-electron chi connectivity index (χ3n) is 5.36. The van der Waals surface area contributed by atoms with Gasteiger partial charge in [0.1, 0.15) is 0 Å². The van der Waals surface area contributed by atoms with E-state index in [0.29, 0.717) is 17.9 Å². The minimum atomic E-state index is 0. The molecule has 1 aromatic carbocycles. The van der Waals surface area contributed by atoms with Crippen molar-refractivity contribution < 1.29 is 4.79 Å². The van der Waals surface area contributed by atoms with Gasteiger partial charge in [-0.15, -0.1) is 12.4 Å². The maximum Gasteiger partial charge on any atom is 0.225 e. The van der Waals surface area contributed by atoms with Crippen LogP contribution in [-0.4, -0.2) is 29.4 Å². The van der Waals surface area contributed by atoms with E-state index < -0.39 is 0 Å². The van der Waals surface area contributed by atoms with Crippen molar-refractivity contribution in [3.8, 4) is 0 Å². The second-order valence-electron chi connectivity index (χ2n) is 6.78. The van der Waals surface area contributed by atoms with Crippen LogP contribution in [0.4, 0.5) is 0 Å². The van der Waals surface area contributed by atoms with Gasteiger partial charge in [0.2, 0.25) is 5.91 Å². The monoisotopic (exact) mass is 322 g/mol. The number of nitrogens with zero attached hydrogens (tertiary/aromatic N) is 1. The van der Waals surface area contributed by atoms with Crippen LogP contribution in [0.5, 0.6) is 0 Å². The van der Waals surface area contributed by atoms with E-state index in [1.807, 2.05) is 0 Å². The SMILES string of the molecule is CC1C(Cc2ccccc2)CCN1C(=O)C1CCC(N)C1.Cl. The molecule has 0 bridgehead atoms. The highest BCUT2D eigenvalue weighted by atomic mass is 35.5. The summed E-state index contributed by atoms with van der Waals surface area (Å²) in [6, 6.07) is 11.2. The Kier molecular flexibility index (Phi) is 5.87. The average Bonchev–Trinajstić information content (AvgIpc) is 3.07. The molecule has 1 aliphatic heterocycles. The second-order valence-corrected chi connectivity index (χ2v) is 6.78. The summed E-state index contributed by atoms with van der Waals surface area (Å²) in [6.07, 6.45) is 5.07. The molecule has 22 heavy (non-hydrogen) atoms. The zero-order valence-corrected chi connectivity index (χ0v) is 14.1. The highest BCUT2D eigenvalue weighted by molar-refractivity contribution is 5.85. The third-order valence-corrected chi connectivity index (χ3v) is 5.36. The smallest absolute Gasteiger partial charge is 0.225 e. The van der Waals surface area contributed by atoms with Crippen molar-refractivity contribution in [2.75, 3.05) is 6.54 Å². The third kappa shape index (κ3) is 3.64. The summed E-state index contributed by atoms with van der Waals surface area (Å²) in [5.41, 5.74) is 7.34. The van der Waals surface area contributed by atoms with E-state index in [-0.39, 0.29) is 24.4 Å². The lowest BCUT2D eigenvalue weighted by atomic mass is 9.93. The summed E-state index contributed by atoms with van der Waals surface area (Å²) in [6.45, 7) is 3.14. The largest absolute Gasteiger partial charge is 0.339 e. The summed E-state index contributed by atoms with van der Waals surface area (Å²) in [5, 5.41) is 0. The van der Waals surface area contributed by atoms with Crippen LogP contribution in [0.1, 0.15) is 38.2 Å². The van der Waals surface area contributed by atoms with Gasteiger partial charge in [-0.3, -0.25) is 4.79 Å². The molecule has 122 valence electrons. The predicted octanol–water partition coefficient (Wildman–Crippen LogP) is 3.02. The van der Waals surface area contributed by atoms with Crippen molar-refractivity contribution in [1.82, 2.24) is 4.90 Å². The Morgan fingerprint density at radius 3 is 2.59 bits per heavy atom. The number of nitrogens with two attached hydrogens (primary N) is 1. The summed E-state index contributed by atoms with van der Waals surface area (Å²) in [4.78, 5) is 14.8. The summed E-state index contributed by atoms with van der Waals surface area (Å²) in [7, 11) is 0. The van der Waals surface area contributed by atoms with Gasteiger partial charge in [0.05, 0.1) is 0 Å². The summed E-state index contributed by atoms with van der Waals surface area (Å²) >= 11 is 0. The first-order valence-electron chi connectivity index (χ1n) is 8.25. The van der Waals surface area contributed by atoms with Crippen LogP contribution < -0.4 is 5.73 Å². The van der Waals surface area contributed by atoms with Crippen molar-refractivity contribution in [1.29, 1.82) is 0 Å². The fourth-order valence-electron chi connectivity index (χ4n) is 3.98. The van der Waals surface area contributed by atoms with E-state index in [1.54, 1.807) is 0 Å². The van der Waals surface area contributed by atoms with E-state index in [2.05, 4.69) is 42.2 Å². The van der Waals surface area contributed by atoms with Crippen LogP contribution in [0.25, 0.3) is 0 Å². The number of carbonyl (C=O) groups excluding carboxylic acids is 1. The van der Waals surface area contributed by atoms with Crippen LogP contribution >= 0.6 is 12.4 Å². The first-order valence-corrected chi connectivity index (χ1v) is 8.25. The molecule has 4 atom stereocenters. The molecule has 0 spiro atoms. The quantitative estimate of drug-likeness (QED) is 0.929. The van der Waals surface area contributed by atoms with Crippen LogP contribution in [0.2, 0.25) is 0 Å². The zero-order valence-electron chi connectivity index (χ0n) is 13.3. The number of likely N-dealkylation sites (tertiary alicyclic amines) is 1. The molecule has 4 heteroatoms. The highest BCUT2D eigenvalue weighted by Gasteiger charge is 2.38.